The number of carbonyl (C=O) groups excluding carboxylic acids is 1. The lowest BCUT2D eigenvalue weighted by Gasteiger charge is -2.25. The van der Waals surface area contributed by atoms with E-state index < -0.39 is 5.60 Å². The molecule has 6 heteroatoms. The van der Waals surface area contributed by atoms with Crippen molar-refractivity contribution >= 4 is 33.1 Å². The van der Waals surface area contributed by atoms with Crippen molar-refractivity contribution in [3.63, 3.8) is 0 Å². The number of thiazole rings is 1. The highest BCUT2D eigenvalue weighted by Crippen LogP contribution is 2.34. The normalized spacial score (nSPS) is 11.4. The van der Waals surface area contributed by atoms with E-state index in [9.17, 15) is 9.18 Å². The van der Waals surface area contributed by atoms with E-state index in [0.29, 0.717) is 11.4 Å². The Bertz CT molecular complexity index is 1140. The van der Waals surface area contributed by atoms with Crippen LogP contribution in [0.2, 0.25) is 0 Å². The van der Waals surface area contributed by atoms with Gasteiger partial charge in [-0.15, -0.1) is 11.3 Å². The van der Waals surface area contributed by atoms with Gasteiger partial charge in [0, 0.05) is 5.56 Å². The van der Waals surface area contributed by atoms with Crippen LogP contribution in [-0.2, 0) is 4.79 Å². The van der Waals surface area contributed by atoms with Crippen LogP contribution in [0.25, 0.3) is 20.8 Å². The number of amides is 1. The summed E-state index contributed by atoms with van der Waals surface area (Å²) in [5, 5.41) is 3.79. The summed E-state index contributed by atoms with van der Waals surface area (Å²) in [6.45, 7) is 3.35. The van der Waals surface area contributed by atoms with Crippen LogP contribution < -0.4 is 10.1 Å². The van der Waals surface area contributed by atoms with Crippen molar-refractivity contribution in [2.45, 2.75) is 19.4 Å². The van der Waals surface area contributed by atoms with Crippen molar-refractivity contribution < 1.29 is 13.9 Å². The number of rotatable bonds is 5. The lowest BCUT2D eigenvalue weighted by Crippen LogP contribution is -2.42. The van der Waals surface area contributed by atoms with E-state index in [-0.39, 0.29) is 11.7 Å². The number of hydrogen-bond acceptors (Lipinski definition) is 4. The summed E-state index contributed by atoms with van der Waals surface area (Å²) in [4.78, 5) is 17.6. The van der Waals surface area contributed by atoms with Gasteiger partial charge in [-0.25, -0.2) is 9.37 Å². The van der Waals surface area contributed by atoms with E-state index in [0.717, 1.165) is 20.8 Å². The molecule has 0 aliphatic heterocycles. The second-order valence-electron chi connectivity index (χ2n) is 7.05. The van der Waals surface area contributed by atoms with Gasteiger partial charge < -0.3 is 10.1 Å². The molecule has 4 nitrogen and oxygen atoms in total. The Morgan fingerprint density at radius 1 is 1.00 bits per heavy atom. The van der Waals surface area contributed by atoms with Gasteiger partial charge in [-0.05, 0) is 62.4 Å². The van der Waals surface area contributed by atoms with Crippen molar-refractivity contribution in [1.82, 2.24) is 4.98 Å². The zero-order chi connectivity index (χ0) is 20.4. The molecule has 0 atom stereocenters. The third-order valence-corrected chi connectivity index (χ3v) is 5.50. The van der Waals surface area contributed by atoms with Crippen LogP contribution >= 0.6 is 11.3 Å². The summed E-state index contributed by atoms with van der Waals surface area (Å²) in [5.41, 5.74) is 1.28. The second-order valence-corrected chi connectivity index (χ2v) is 8.08. The van der Waals surface area contributed by atoms with Gasteiger partial charge in [-0.2, -0.15) is 0 Å². The Kier molecular flexibility index (Phi) is 5.03. The smallest absolute Gasteiger partial charge is 0.267 e. The molecule has 0 saturated carbocycles. The number of nitrogens with one attached hydrogen (secondary N) is 1. The van der Waals surface area contributed by atoms with Gasteiger partial charge >= 0.3 is 0 Å². The Morgan fingerprint density at radius 3 is 2.45 bits per heavy atom. The highest BCUT2D eigenvalue weighted by atomic mass is 32.1. The number of ether oxygens (including phenoxy) is 1. The van der Waals surface area contributed by atoms with Gasteiger partial charge in [0.15, 0.2) is 5.60 Å². The largest absolute Gasteiger partial charge is 0.478 e. The second kappa shape index (κ2) is 7.64. The van der Waals surface area contributed by atoms with Crippen molar-refractivity contribution in [3.05, 3.63) is 78.6 Å². The van der Waals surface area contributed by atoms with E-state index in [2.05, 4.69) is 10.3 Å². The predicted molar refractivity (Wildman–Crippen MR) is 115 cm³/mol. The Balaban J connectivity index is 1.59. The third kappa shape index (κ3) is 4.12. The van der Waals surface area contributed by atoms with E-state index in [1.807, 2.05) is 48.5 Å². The molecule has 146 valence electrons. The summed E-state index contributed by atoms with van der Waals surface area (Å²) < 4.78 is 20.0. The van der Waals surface area contributed by atoms with E-state index >= 15 is 0 Å². The molecule has 29 heavy (non-hydrogen) atoms. The van der Waals surface area contributed by atoms with Crippen LogP contribution in [0, 0.1) is 5.82 Å². The molecule has 0 spiro atoms. The molecule has 1 N–H and O–H groups in total. The van der Waals surface area contributed by atoms with Crippen molar-refractivity contribution in [3.8, 4) is 16.3 Å². The number of hydrogen-bond donors (Lipinski definition) is 1. The van der Waals surface area contributed by atoms with Crippen LogP contribution in [0.1, 0.15) is 13.8 Å². The van der Waals surface area contributed by atoms with Crippen molar-refractivity contribution in [2.75, 3.05) is 5.32 Å². The van der Waals surface area contributed by atoms with Crippen LogP contribution in [0.3, 0.4) is 0 Å². The molecule has 0 unspecified atom stereocenters. The van der Waals surface area contributed by atoms with Gasteiger partial charge in [0.25, 0.3) is 5.91 Å². The molecule has 1 heterocycles. The molecular formula is C23H19FN2O2S. The molecule has 0 aliphatic rings. The van der Waals surface area contributed by atoms with Gasteiger partial charge in [-0.3, -0.25) is 4.79 Å². The van der Waals surface area contributed by atoms with Crippen LogP contribution in [0.15, 0.2) is 72.8 Å². The first kappa shape index (κ1) is 19.1. The predicted octanol–water partition coefficient (Wildman–Crippen LogP) is 5.90. The standard InChI is InChI=1S/C23H19FN2O2S/c1-23(2,28-16-13-11-15(24)12-14-16)22(27)26-18-8-4-3-7-17(18)21-25-19-9-5-6-10-20(19)29-21/h3-14H,1-2H3,(H,26,27). The average Bonchev–Trinajstić information content (AvgIpc) is 3.14. The molecule has 0 radical (unpaired) electrons. The Morgan fingerprint density at radius 2 is 1.69 bits per heavy atom. The molecule has 0 saturated heterocycles. The highest BCUT2D eigenvalue weighted by Gasteiger charge is 2.30. The maximum atomic E-state index is 13.1. The number of anilines is 1. The molecule has 0 aliphatic carbocycles. The fourth-order valence-corrected chi connectivity index (χ4v) is 3.89. The number of aromatic nitrogens is 1. The first-order valence-electron chi connectivity index (χ1n) is 9.13. The van der Waals surface area contributed by atoms with Crippen LogP contribution in [-0.4, -0.2) is 16.5 Å². The van der Waals surface area contributed by atoms with Crippen molar-refractivity contribution in [2.24, 2.45) is 0 Å². The molecule has 4 rings (SSSR count). The lowest BCUT2D eigenvalue weighted by molar-refractivity contribution is -0.128. The van der Waals surface area contributed by atoms with Crippen LogP contribution in [0.5, 0.6) is 5.75 Å². The highest BCUT2D eigenvalue weighted by molar-refractivity contribution is 7.21. The van der Waals surface area contributed by atoms with Gasteiger partial charge in [0.1, 0.15) is 16.6 Å². The number of fused-ring (bicyclic) bond motifs is 1. The third-order valence-electron chi connectivity index (χ3n) is 4.43. The summed E-state index contributed by atoms with van der Waals surface area (Å²) in [5.74, 6) is -0.245. The quantitative estimate of drug-likeness (QED) is 0.449. The number of benzene rings is 3. The van der Waals surface area contributed by atoms with Gasteiger partial charge in [0.05, 0.1) is 15.9 Å². The summed E-state index contributed by atoms with van der Waals surface area (Å²) in [6, 6.07) is 21.1. The van der Waals surface area contributed by atoms with E-state index in [1.165, 1.54) is 24.3 Å². The number of carbonyl (C=O) groups is 1. The minimum atomic E-state index is -1.15. The van der Waals surface area contributed by atoms with Crippen LogP contribution in [0.4, 0.5) is 10.1 Å². The molecule has 3 aromatic carbocycles. The van der Waals surface area contributed by atoms with E-state index in [1.54, 1.807) is 25.2 Å². The maximum Gasteiger partial charge on any atom is 0.267 e. The number of nitrogens with zero attached hydrogens (tertiary/aromatic N) is 1. The SMILES string of the molecule is CC(C)(Oc1ccc(F)cc1)C(=O)Nc1ccccc1-c1nc2ccccc2s1. The lowest BCUT2D eigenvalue weighted by atomic mass is 10.1. The minimum Gasteiger partial charge on any atom is -0.478 e. The monoisotopic (exact) mass is 406 g/mol. The van der Waals surface area contributed by atoms with Gasteiger partial charge in [0.2, 0.25) is 0 Å². The Labute approximate surface area is 172 Å². The van der Waals surface area contributed by atoms with Crippen molar-refractivity contribution in [1.29, 1.82) is 0 Å². The molecule has 1 aromatic heterocycles. The minimum absolute atomic E-state index is 0.310. The first-order chi connectivity index (χ1) is 13.9. The Hall–Kier alpha value is -3.25. The maximum absolute atomic E-state index is 13.1. The molecule has 0 bridgehead atoms. The summed E-state index contributed by atoms with van der Waals surface area (Å²) in [6.07, 6.45) is 0. The zero-order valence-corrected chi connectivity index (χ0v) is 16.8. The van der Waals surface area contributed by atoms with Gasteiger partial charge in [-0.1, -0.05) is 24.3 Å². The molecule has 4 aromatic rings. The number of halogens is 1. The molecule has 1 amide bonds. The molecular weight excluding hydrogens is 387 g/mol. The molecule has 0 fully saturated rings. The first-order valence-corrected chi connectivity index (χ1v) is 9.95. The summed E-state index contributed by atoms with van der Waals surface area (Å²) in [7, 11) is 0. The zero-order valence-electron chi connectivity index (χ0n) is 16.0. The topological polar surface area (TPSA) is 51.2 Å². The summed E-state index contributed by atoms with van der Waals surface area (Å²) >= 11 is 1.57. The fraction of sp³-hybridized carbons (Fsp3) is 0.130. The average molecular weight is 406 g/mol. The number of para-hydroxylation sites is 2. The fourth-order valence-electron chi connectivity index (χ4n) is 2.88. The van der Waals surface area contributed by atoms with E-state index in [4.69, 9.17) is 4.74 Å².